The van der Waals surface area contributed by atoms with E-state index >= 15 is 0 Å². The zero-order valence-corrected chi connectivity index (χ0v) is 19.0. The summed E-state index contributed by atoms with van der Waals surface area (Å²) in [6.45, 7) is 10.9. The molecule has 164 valence electrons. The van der Waals surface area contributed by atoms with E-state index in [0.29, 0.717) is 32.1 Å². The van der Waals surface area contributed by atoms with E-state index in [-0.39, 0.29) is 5.91 Å². The number of ether oxygens (including phenoxy) is 1. The fourth-order valence-corrected chi connectivity index (χ4v) is 3.55. The molecule has 1 N–H and O–H groups in total. The molecule has 0 aliphatic rings. The van der Waals surface area contributed by atoms with E-state index in [1.54, 1.807) is 0 Å². The zero-order valence-electron chi connectivity index (χ0n) is 19.0. The average molecular weight is 420 g/mol. The van der Waals surface area contributed by atoms with Gasteiger partial charge in [-0.2, -0.15) is 5.10 Å². The van der Waals surface area contributed by atoms with Gasteiger partial charge in [-0.05, 0) is 36.5 Å². The van der Waals surface area contributed by atoms with Crippen molar-refractivity contribution in [3.8, 4) is 0 Å². The summed E-state index contributed by atoms with van der Waals surface area (Å²) in [6, 6.07) is 18.3. The van der Waals surface area contributed by atoms with Crippen molar-refractivity contribution in [1.29, 1.82) is 0 Å². The predicted octanol–water partition coefficient (Wildman–Crippen LogP) is 4.73. The van der Waals surface area contributed by atoms with Gasteiger partial charge in [-0.15, -0.1) is 0 Å². The van der Waals surface area contributed by atoms with Gasteiger partial charge < -0.3 is 10.1 Å². The van der Waals surface area contributed by atoms with Crippen LogP contribution in [-0.2, 0) is 42.3 Å². The molecule has 0 radical (unpaired) electrons. The van der Waals surface area contributed by atoms with E-state index in [1.165, 1.54) is 5.56 Å². The van der Waals surface area contributed by atoms with Gasteiger partial charge in [-0.1, -0.05) is 68.4 Å². The lowest BCUT2D eigenvalue weighted by Crippen LogP contribution is -2.25. The molecule has 1 heterocycles. The first kappa shape index (κ1) is 22.8. The molecule has 5 nitrogen and oxygen atoms in total. The predicted molar refractivity (Wildman–Crippen MR) is 123 cm³/mol. The molecule has 1 amide bonds. The minimum absolute atomic E-state index is 0.0190. The van der Waals surface area contributed by atoms with Gasteiger partial charge in [0, 0.05) is 24.3 Å². The summed E-state index contributed by atoms with van der Waals surface area (Å²) in [5, 5.41) is 7.63. The minimum atomic E-state index is 0.0190. The summed E-state index contributed by atoms with van der Waals surface area (Å²) in [5.41, 5.74) is 6.42. The average Bonchev–Trinajstić information content (AvgIpc) is 3.00. The molecule has 0 bridgehead atoms. The Kier molecular flexibility index (Phi) is 8.01. The van der Waals surface area contributed by atoms with E-state index in [2.05, 4.69) is 48.5 Å². The molecule has 0 unspecified atom stereocenters. The van der Waals surface area contributed by atoms with Crippen LogP contribution < -0.4 is 5.32 Å². The van der Waals surface area contributed by atoms with E-state index in [1.807, 2.05) is 48.9 Å². The summed E-state index contributed by atoms with van der Waals surface area (Å²) >= 11 is 0. The van der Waals surface area contributed by atoms with Crippen LogP contribution in [0.25, 0.3) is 0 Å². The molecule has 0 atom stereocenters. The summed E-state index contributed by atoms with van der Waals surface area (Å²) in [7, 11) is 0. The second-order valence-corrected chi connectivity index (χ2v) is 8.47. The number of hydrogen-bond acceptors (Lipinski definition) is 3. The lowest BCUT2D eigenvalue weighted by molar-refractivity contribution is -0.120. The summed E-state index contributed by atoms with van der Waals surface area (Å²) in [6.07, 6.45) is 0.362. The summed E-state index contributed by atoms with van der Waals surface area (Å²) in [5.74, 6) is 0.539. The lowest BCUT2D eigenvalue weighted by atomic mass is 10.1. The molecule has 5 heteroatoms. The number of hydrogen-bond donors (Lipinski definition) is 1. The molecule has 2 aromatic carbocycles. The topological polar surface area (TPSA) is 56.2 Å². The Morgan fingerprint density at radius 1 is 0.968 bits per heavy atom. The van der Waals surface area contributed by atoms with Crippen LogP contribution in [0.3, 0.4) is 0 Å². The van der Waals surface area contributed by atoms with Crippen molar-refractivity contribution in [2.45, 2.75) is 60.4 Å². The largest absolute Gasteiger partial charge is 0.372 e. The first-order valence-electron chi connectivity index (χ1n) is 10.9. The quantitative estimate of drug-likeness (QED) is 0.517. The van der Waals surface area contributed by atoms with Crippen molar-refractivity contribution in [3.63, 3.8) is 0 Å². The first-order valence-corrected chi connectivity index (χ1v) is 10.9. The van der Waals surface area contributed by atoms with Gasteiger partial charge in [0.05, 0.1) is 25.3 Å². The van der Waals surface area contributed by atoms with Crippen LogP contribution in [-0.4, -0.2) is 15.7 Å². The third kappa shape index (κ3) is 6.79. The highest BCUT2D eigenvalue weighted by Gasteiger charge is 2.15. The number of rotatable bonds is 10. The van der Waals surface area contributed by atoms with Gasteiger partial charge in [-0.25, -0.2) is 0 Å². The van der Waals surface area contributed by atoms with Gasteiger partial charge in [0.1, 0.15) is 0 Å². The van der Waals surface area contributed by atoms with Gasteiger partial charge in [0.2, 0.25) is 5.91 Å². The number of carbonyl (C=O) groups excluding carboxylic acids is 1. The second kappa shape index (κ2) is 10.9. The maximum Gasteiger partial charge on any atom is 0.224 e. The van der Waals surface area contributed by atoms with Gasteiger partial charge in [-0.3, -0.25) is 9.48 Å². The van der Waals surface area contributed by atoms with Crippen molar-refractivity contribution in [3.05, 3.63) is 88.2 Å². The SMILES string of the molecule is Cc1nn(CC(C)C)c(C)c1CC(=O)NCc1ccc(COCc2ccccc2)cc1. The van der Waals surface area contributed by atoms with Crippen LogP contribution in [0.4, 0.5) is 0 Å². The smallest absolute Gasteiger partial charge is 0.224 e. The highest BCUT2D eigenvalue weighted by atomic mass is 16.5. The molecular weight excluding hydrogens is 386 g/mol. The van der Waals surface area contributed by atoms with Crippen molar-refractivity contribution >= 4 is 5.91 Å². The van der Waals surface area contributed by atoms with E-state index in [0.717, 1.165) is 34.6 Å². The number of nitrogens with zero attached hydrogens (tertiary/aromatic N) is 2. The Morgan fingerprint density at radius 3 is 2.23 bits per heavy atom. The molecule has 0 saturated carbocycles. The maximum atomic E-state index is 12.5. The van der Waals surface area contributed by atoms with E-state index in [4.69, 9.17) is 4.74 Å². The summed E-state index contributed by atoms with van der Waals surface area (Å²) < 4.78 is 7.80. The molecule has 0 spiro atoms. The molecular formula is C26H33N3O2. The number of nitrogens with one attached hydrogen (secondary N) is 1. The van der Waals surface area contributed by atoms with E-state index < -0.39 is 0 Å². The van der Waals surface area contributed by atoms with Crippen molar-refractivity contribution < 1.29 is 9.53 Å². The van der Waals surface area contributed by atoms with Crippen molar-refractivity contribution in [2.75, 3.05) is 0 Å². The lowest BCUT2D eigenvalue weighted by Gasteiger charge is -2.09. The number of amides is 1. The zero-order chi connectivity index (χ0) is 22.2. The van der Waals surface area contributed by atoms with Crippen molar-refractivity contribution in [1.82, 2.24) is 15.1 Å². The Bertz CT molecular complexity index is 976. The van der Waals surface area contributed by atoms with Crippen LogP contribution in [0.1, 0.15) is 47.5 Å². The van der Waals surface area contributed by atoms with Crippen molar-refractivity contribution in [2.24, 2.45) is 5.92 Å². The standard InChI is InChI=1S/C26H33N3O2/c1-19(2)16-29-21(4)25(20(3)28-29)14-26(30)27-15-22-10-12-24(13-11-22)18-31-17-23-8-6-5-7-9-23/h5-13,19H,14-18H2,1-4H3,(H,27,30). The third-order valence-electron chi connectivity index (χ3n) is 5.30. The molecule has 0 aliphatic carbocycles. The molecule has 1 aromatic heterocycles. The van der Waals surface area contributed by atoms with Crippen LogP contribution in [0.15, 0.2) is 54.6 Å². The summed E-state index contributed by atoms with van der Waals surface area (Å²) in [4.78, 5) is 12.5. The number of benzene rings is 2. The molecule has 3 rings (SSSR count). The Hall–Kier alpha value is -2.92. The van der Waals surface area contributed by atoms with Gasteiger partial charge in [0.25, 0.3) is 0 Å². The number of carbonyl (C=O) groups is 1. The second-order valence-electron chi connectivity index (χ2n) is 8.47. The van der Waals surface area contributed by atoms with E-state index in [9.17, 15) is 4.79 Å². The normalized spacial score (nSPS) is 11.1. The number of aromatic nitrogens is 2. The Balaban J connectivity index is 1.45. The number of aryl methyl sites for hydroxylation is 1. The third-order valence-corrected chi connectivity index (χ3v) is 5.30. The highest BCUT2D eigenvalue weighted by molar-refractivity contribution is 5.79. The molecule has 0 saturated heterocycles. The maximum absolute atomic E-state index is 12.5. The highest BCUT2D eigenvalue weighted by Crippen LogP contribution is 2.15. The molecule has 31 heavy (non-hydrogen) atoms. The fraction of sp³-hybridized carbons (Fsp3) is 0.385. The first-order chi connectivity index (χ1) is 14.9. The molecule has 0 fully saturated rings. The monoisotopic (exact) mass is 419 g/mol. The van der Waals surface area contributed by atoms with Crippen LogP contribution >= 0.6 is 0 Å². The fourth-order valence-electron chi connectivity index (χ4n) is 3.55. The minimum Gasteiger partial charge on any atom is -0.372 e. The van der Waals surface area contributed by atoms with Crippen LogP contribution in [0.2, 0.25) is 0 Å². The molecule has 3 aromatic rings. The molecule has 0 aliphatic heterocycles. The Labute approximate surface area is 185 Å². The van der Waals surface area contributed by atoms with Gasteiger partial charge in [0.15, 0.2) is 0 Å². The Morgan fingerprint density at radius 2 is 1.58 bits per heavy atom. The van der Waals surface area contributed by atoms with Gasteiger partial charge >= 0.3 is 0 Å². The van der Waals surface area contributed by atoms with Crippen LogP contribution in [0, 0.1) is 19.8 Å². The van der Waals surface area contributed by atoms with Crippen LogP contribution in [0.5, 0.6) is 0 Å².